The Morgan fingerprint density at radius 1 is 1.50 bits per heavy atom. The van der Waals surface area contributed by atoms with E-state index in [2.05, 4.69) is 12.2 Å². The molecule has 1 heterocycles. The Balaban J connectivity index is 1.78. The standard InChI is InChI=1S/C14H21N3O3/c1-9-7-11(9)12-4-3-10(20-12)8-17(2)13(18)5-6-16-14(15)19/h3-4,9,11H,5-8H2,1-2H3,(H3,15,16,19)/t9-,11+/m0/s1. The van der Waals surface area contributed by atoms with E-state index in [1.165, 1.54) is 6.42 Å². The van der Waals surface area contributed by atoms with Crippen LogP contribution in [0.4, 0.5) is 4.79 Å². The molecule has 6 heteroatoms. The molecule has 1 fully saturated rings. The van der Waals surface area contributed by atoms with Crippen molar-refractivity contribution < 1.29 is 14.0 Å². The van der Waals surface area contributed by atoms with E-state index in [9.17, 15) is 9.59 Å². The number of hydrogen-bond donors (Lipinski definition) is 2. The number of nitrogens with two attached hydrogens (primary N) is 1. The van der Waals surface area contributed by atoms with E-state index < -0.39 is 6.03 Å². The van der Waals surface area contributed by atoms with Crippen LogP contribution in [0.1, 0.15) is 37.2 Å². The summed E-state index contributed by atoms with van der Waals surface area (Å²) in [5.74, 6) is 3.00. The summed E-state index contributed by atoms with van der Waals surface area (Å²) in [7, 11) is 1.72. The molecule has 0 aromatic carbocycles. The fraction of sp³-hybridized carbons (Fsp3) is 0.571. The van der Waals surface area contributed by atoms with Crippen LogP contribution >= 0.6 is 0 Å². The monoisotopic (exact) mass is 279 g/mol. The highest BCUT2D eigenvalue weighted by Gasteiger charge is 2.36. The molecule has 2 rings (SSSR count). The second-order valence-electron chi connectivity index (χ2n) is 5.41. The zero-order chi connectivity index (χ0) is 14.7. The van der Waals surface area contributed by atoms with Gasteiger partial charge in [0.05, 0.1) is 6.54 Å². The van der Waals surface area contributed by atoms with Gasteiger partial charge in [-0.3, -0.25) is 4.79 Å². The highest BCUT2D eigenvalue weighted by molar-refractivity contribution is 5.77. The van der Waals surface area contributed by atoms with Gasteiger partial charge >= 0.3 is 6.03 Å². The van der Waals surface area contributed by atoms with Gasteiger partial charge in [-0.25, -0.2) is 4.79 Å². The van der Waals surface area contributed by atoms with Gasteiger partial charge in [-0.1, -0.05) is 6.92 Å². The van der Waals surface area contributed by atoms with Crippen LogP contribution in [0.25, 0.3) is 0 Å². The van der Waals surface area contributed by atoms with E-state index >= 15 is 0 Å². The first-order chi connectivity index (χ1) is 9.47. The molecular weight excluding hydrogens is 258 g/mol. The molecule has 3 amide bonds. The van der Waals surface area contributed by atoms with Gasteiger partial charge in [-0.05, 0) is 24.5 Å². The molecule has 3 N–H and O–H groups in total. The minimum absolute atomic E-state index is 0.0588. The first-order valence-corrected chi connectivity index (χ1v) is 6.83. The predicted octanol–water partition coefficient (Wildman–Crippen LogP) is 1.42. The van der Waals surface area contributed by atoms with Gasteiger partial charge in [0.25, 0.3) is 0 Å². The third-order valence-electron chi connectivity index (χ3n) is 3.61. The number of nitrogens with zero attached hydrogens (tertiary/aromatic N) is 1. The lowest BCUT2D eigenvalue weighted by atomic mass is 10.3. The Kier molecular flexibility index (Phi) is 4.32. The fourth-order valence-corrected chi connectivity index (χ4v) is 2.20. The summed E-state index contributed by atoms with van der Waals surface area (Å²) in [6, 6.07) is 3.30. The molecule has 1 aliphatic carbocycles. The van der Waals surface area contributed by atoms with Crippen LogP contribution < -0.4 is 11.1 Å². The molecule has 0 aliphatic heterocycles. The normalized spacial score (nSPS) is 20.5. The number of carbonyl (C=O) groups excluding carboxylic acids is 2. The van der Waals surface area contributed by atoms with Crippen LogP contribution in [0.5, 0.6) is 0 Å². The lowest BCUT2D eigenvalue weighted by Crippen LogP contribution is -2.34. The molecular formula is C14H21N3O3. The summed E-state index contributed by atoms with van der Waals surface area (Å²) in [6.07, 6.45) is 1.41. The minimum atomic E-state index is -0.616. The van der Waals surface area contributed by atoms with E-state index in [1.54, 1.807) is 11.9 Å². The van der Waals surface area contributed by atoms with E-state index in [0.717, 1.165) is 11.5 Å². The maximum absolute atomic E-state index is 11.8. The van der Waals surface area contributed by atoms with Crippen molar-refractivity contribution in [3.63, 3.8) is 0 Å². The second-order valence-corrected chi connectivity index (χ2v) is 5.41. The summed E-state index contributed by atoms with van der Waals surface area (Å²) in [4.78, 5) is 23.9. The van der Waals surface area contributed by atoms with E-state index in [4.69, 9.17) is 10.2 Å². The van der Waals surface area contributed by atoms with Gasteiger partial charge in [0.2, 0.25) is 5.91 Å². The number of primary amides is 1. The van der Waals surface area contributed by atoms with E-state index in [-0.39, 0.29) is 18.9 Å². The highest BCUT2D eigenvalue weighted by atomic mass is 16.3. The van der Waals surface area contributed by atoms with Crippen molar-refractivity contribution in [2.75, 3.05) is 13.6 Å². The average Bonchev–Trinajstić information content (AvgIpc) is 2.93. The van der Waals surface area contributed by atoms with Crippen molar-refractivity contribution in [3.05, 3.63) is 23.7 Å². The van der Waals surface area contributed by atoms with Crippen LogP contribution in [0.3, 0.4) is 0 Å². The molecule has 1 aromatic rings. The molecule has 0 unspecified atom stereocenters. The van der Waals surface area contributed by atoms with Gasteiger partial charge in [0.15, 0.2) is 0 Å². The fourth-order valence-electron chi connectivity index (χ4n) is 2.20. The van der Waals surface area contributed by atoms with Crippen molar-refractivity contribution in [1.82, 2.24) is 10.2 Å². The number of hydrogen-bond acceptors (Lipinski definition) is 3. The van der Waals surface area contributed by atoms with Crippen LogP contribution in [0.2, 0.25) is 0 Å². The van der Waals surface area contributed by atoms with Gasteiger partial charge in [-0.2, -0.15) is 0 Å². The van der Waals surface area contributed by atoms with E-state index in [1.807, 2.05) is 12.1 Å². The van der Waals surface area contributed by atoms with Gasteiger partial charge in [0, 0.05) is 25.9 Å². The van der Waals surface area contributed by atoms with Crippen LogP contribution in [0, 0.1) is 5.92 Å². The number of nitrogens with one attached hydrogen (secondary N) is 1. The minimum Gasteiger partial charge on any atom is -0.464 e. The van der Waals surface area contributed by atoms with Crippen LogP contribution in [-0.4, -0.2) is 30.4 Å². The number of rotatable bonds is 6. The lowest BCUT2D eigenvalue weighted by molar-refractivity contribution is -0.130. The van der Waals surface area contributed by atoms with Gasteiger partial charge in [0.1, 0.15) is 11.5 Å². The Morgan fingerprint density at radius 2 is 2.20 bits per heavy atom. The third kappa shape index (κ3) is 3.76. The maximum atomic E-state index is 11.8. The van der Waals surface area contributed by atoms with Crippen molar-refractivity contribution in [2.45, 2.75) is 32.2 Å². The molecule has 0 spiro atoms. The molecule has 110 valence electrons. The van der Waals surface area contributed by atoms with Crippen molar-refractivity contribution in [1.29, 1.82) is 0 Å². The molecule has 1 saturated carbocycles. The first kappa shape index (κ1) is 14.4. The Hall–Kier alpha value is -1.98. The number of amides is 3. The summed E-state index contributed by atoms with van der Waals surface area (Å²) in [5.41, 5.74) is 4.94. The second kappa shape index (κ2) is 5.98. The van der Waals surface area contributed by atoms with Crippen LogP contribution in [-0.2, 0) is 11.3 Å². The summed E-state index contributed by atoms with van der Waals surface area (Å²) >= 11 is 0. The zero-order valence-electron chi connectivity index (χ0n) is 11.9. The summed E-state index contributed by atoms with van der Waals surface area (Å²) in [5, 5.41) is 2.40. The molecule has 0 saturated heterocycles. The molecule has 6 nitrogen and oxygen atoms in total. The van der Waals surface area contributed by atoms with Crippen LogP contribution in [0.15, 0.2) is 16.5 Å². The number of furan rings is 1. The van der Waals surface area contributed by atoms with Crippen molar-refractivity contribution in [2.24, 2.45) is 11.7 Å². The van der Waals surface area contributed by atoms with Gasteiger partial charge < -0.3 is 20.4 Å². The zero-order valence-corrected chi connectivity index (χ0v) is 11.9. The summed E-state index contributed by atoms with van der Waals surface area (Å²) in [6.45, 7) is 2.90. The molecule has 20 heavy (non-hydrogen) atoms. The largest absolute Gasteiger partial charge is 0.464 e. The lowest BCUT2D eigenvalue weighted by Gasteiger charge is -2.15. The average molecular weight is 279 g/mol. The first-order valence-electron chi connectivity index (χ1n) is 6.83. The smallest absolute Gasteiger partial charge is 0.312 e. The highest BCUT2D eigenvalue weighted by Crippen LogP contribution is 2.47. The molecule has 0 radical (unpaired) electrons. The molecule has 0 bridgehead atoms. The van der Waals surface area contributed by atoms with Crippen molar-refractivity contribution in [3.8, 4) is 0 Å². The maximum Gasteiger partial charge on any atom is 0.312 e. The SMILES string of the molecule is C[C@H]1C[C@H]1c1ccc(CN(C)C(=O)CCNC(N)=O)o1. The number of urea groups is 1. The van der Waals surface area contributed by atoms with Crippen molar-refractivity contribution >= 4 is 11.9 Å². The van der Waals surface area contributed by atoms with E-state index in [0.29, 0.717) is 18.4 Å². The molecule has 1 aliphatic rings. The molecule has 1 aromatic heterocycles. The molecule has 2 atom stereocenters. The Labute approximate surface area is 118 Å². The summed E-state index contributed by atoms with van der Waals surface area (Å²) < 4.78 is 5.76. The predicted molar refractivity (Wildman–Crippen MR) is 73.9 cm³/mol. The topological polar surface area (TPSA) is 88.6 Å². The Morgan fingerprint density at radius 3 is 2.80 bits per heavy atom. The van der Waals surface area contributed by atoms with Gasteiger partial charge in [-0.15, -0.1) is 0 Å². The number of carbonyl (C=O) groups is 2. The Bertz CT molecular complexity index is 498. The quantitative estimate of drug-likeness (QED) is 0.825. The third-order valence-corrected chi connectivity index (χ3v) is 3.61.